The maximum Gasteiger partial charge on any atom is 0.230 e. The number of primary amides is 1. The van der Waals surface area contributed by atoms with Gasteiger partial charge in [-0.25, -0.2) is 0 Å². The zero-order chi connectivity index (χ0) is 21.4. The number of Topliss-reactive ketones (excluding diaryl/α,β-unsaturated/α-hetero) is 2. The molecule has 29 heavy (non-hydrogen) atoms. The van der Waals surface area contributed by atoms with E-state index in [4.69, 9.17) is 5.73 Å². The quantitative estimate of drug-likeness (QED) is 0.327. The van der Waals surface area contributed by atoms with Gasteiger partial charge in [0.25, 0.3) is 0 Å². The Morgan fingerprint density at radius 3 is 2.48 bits per heavy atom. The highest BCUT2D eigenvalue weighted by molar-refractivity contribution is 6.25. The van der Waals surface area contributed by atoms with Gasteiger partial charge in [-0.3, -0.25) is 14.4 Å². The molecule has 4 rings (SSSR count). The van der Waals surface area contributed by atoms with Gasteiger partial charge in [0, 0.05) is 17.4 Å². The minimum Gasteiger partial charge on any atom is -0.507 e. The lowest BCUT2D eigenvalue weighted by molar-refractivity contribution is -0.186. The molecule has 1 aromatic rings. The molecule has 1 amide bonds. The van der Waals surface area contributed by atoms with Crippen LogP contribution < -0.4 is 5.73 Å². The van der Waals surface area contributed by atoms with E-state index in [1.54, 1.807) is 19.1 Å². The summed E-state index contributed by atoms with van der Waals surface area (Å²) in [6.07, 6.45) is -3.43. The van der Waals surface area contributed by atoms with E-state index in [1.165, 1.54) is 6.07 Å². The molecule has 0 aliphatic heterocycles. The fraction of sp³-hybridized carbons (Fsp3) is 0.450. The Morgan fingerprint density at radius 2 is 1.86 bits per heavy atom. The smallest absolute Gasteiger partial charge is 0.230 e. The van der Waals surface area contributed by atoms with E-state index in [9.17, 15) is 39.9 Å². The van der Waals surface area contributed by atoms with E-state index in [-0.39, 0.29) is 16.9 Å². The Bertz CT molecular complexity index is 985. The number of phenols is 1. The monoisotopic (exact) mass is 403 g/mol. The fourth-order valence-corrected chi connectivity index (χ4v) is 5.26. The molecule has 7 atom stereocenters. The summed E-state index contributed by atoms with van der Waals surface area (Å²) in [5.41, 5.74) is 2.45. The third-order valence-electron chi connectivity index (χ3n) is 6.68. The summed E-state index contributed by atoms with van der Waals surface area (Å²) in [7, 11) is 0. The Kier molecular flexibility index (Phi) is 4.13. The molecule has 7 unspecified atom stereocenters. The molecule has 0 spiro atoms. The SMILES string of the molecule is CC1c2cccc(O)c2C(O)=C2C(=O)C3(O)C(=O)C(C(N)=O)C(O)CC3C(O)C21. The highest BCUT2D eigenvalue weighted by atomic mass is 16.3. The van der Waals surface area contributed by atoms with E-state index in [1.807, 2.05) is 0 Å². The van der Waals surface area contributed by atoms with Crippen molar-refractivity contribution in [1.82, 2.24) is 0 Å². The first kappa shape index (κ1) is 19.6. The number of nitrogens with two attached hydrogens (primary N) is 1. The summed E-state index contributed by atoms with van der Waals surface area (Å²) < 4.78 is 0. The predicted octanol–water partition coefficient (Wildman–Crippen LogP) is -0.879. The molecule has 9 heteroatoms. The van der Waals surface area contributed by atoms with Gasteiger partial charge in [-0.15, -0.1) is 0 Å². The topological polar surface area (TPSA) is 178 Å². The third kappa shape index (κ3) is 2.29. The number of amides is 1. The fourth-order valence-electron chi connectivity index (χ4n) is 5.26. The third-order valence-corrected chi connectivity index (χ3v) is 6.68. The van der Waals surface area contributed by atoms with Crippen molar-refractivity contribution < 1.29 is 39.9 Å². The standard InChI is InChI=1S/C20H21NO8/c1-6-7-3-2-4-9(22)12(7)16(25)14-11(6)15(24)8-5-10(23)13(19(21)28)17(26)20(8,29)18(14)27/h2-4,6,8,10-11,13,15,22-25,29H,5H2,1H3,(H2,21,28). The van der Waals surface area contributed by atoms with Crippen molar-refractivity contribution in [2.45, 2.75) is 37.1 Å². The highest BCUT2D eigenvalue weighted by Gasteiger charge is 2.67. The van der Waals surface area contributed by atoms with Gasteiger partial charge in [-0.1, -0.05) is 19.1 Å². The van der Waals surface area contributed by atoms with E-state index in [0.29, 0.717) is 5.56 Å². The van der Waals surface area contributed by atoms with Crippen LogP contribution in [0.4, 0.5) is 0 Å². The van der Waals surface area contributed by atoms with Crippen LogP contribution >= 0.6 is 0 Å². The number of aromatic hydroxyl groups is 1. The number of aliphatic hydroxyl groups excluding tert-OH is 3. The van der Waals surface area contributed by atoms with E-state index in [0.717, 1.165) is 0 Å². The molecule has 0 bridgehead atoms. The van der Waals surface area contributed by atoms with Crippen molar-refractivity contribution in [2.24, 2.45) is 23.5 Å². The lowest BCUT2D eigenvalue weighted by Gasteiger charge is -2.52. The molecule has 0 saturated heterocycles. The lowest BCUT2D eigenvalue weighted by atomic mass is 9.53. The molecule has 3 aliphatic rings. The number of benzene rings is 1. The molecule has 1 aromatic carbocycles. The number of carbonyl (C=O) groups is 3. The molecular formula is C20H21NO8. The van der Waals surface area contributed by atoms with Gasteiger partial charge in [-0.2, -0.15) is 0 Å². The van der Waals surface area contributed by atoms with Crippen molar-refractivity contribution in [3.05, 3.63) is 34.9 Å². The van der Waals surface area contributed by atoms with Crippen LogP contribution in [0.1, 0.15) is 30.4 Å². The van der Waals surface area contributed by atoms with Gasteiger partial charge in [0.05, 0.1) is 17.8 Å². The number of carbonyl (C=O) groups excluding carboxylic acids is 3. The van der Waals surface area contributed by atoms with Crippen LogP contribution in [0.2, 0.25) is 0 Å². The first-order valence-corrected chi connectivity index (χ1v) is 9.25. The maximum absolute atomic E-state index is 13.3. The van der Waals surface area contributed by atoms with E-state index in [2.05, 4.69) is 0 Å². The second-order valence-corrected chi connectivity index (χ2v) is 8.06. The minimum absolute atomic E-state index is 0.0106. The van der Waals surface area contributed by atoms with Gasteiger partial charge < -0.3 is 31.3 Å². The summed E-state index contributed by atoms with van der Waals surface area (Å²) in [6.45, 7) is 1.68. The van der Waals surface area contributed by atoms with Crippen LogP contribution in [0.3, 0.4) is 0 Å². The van der Waals surface area contributed by atoms with Crippen LogP contribution in [-0.4, -0.2) is 60.8 Å². The second-order valence-electron chi connectivity index (χ2n) is 8.06. The molecule has 2 saturated carbocycles. The van der Waals surface area contributed by atoms with Crippen molar-refractivity contribution in [1.29, 1.82) is 0 Å². The minimum atomic E-state index is -2.82. The van der Waals surface area contributed by atoms with Crippen molar-refractivity contribution in [2.75, 3.05) is 0 Å². The van der Waals surface area contributed by atoms with Crippen molar-refractivity contribution >= 4 is 23.2 Å². The number of aliphatic hydroxyl groups is 4. The van der Waals surface area contributed by atoms with Crippen LogP contribution in [0, 0.1) is 17.8 Å². The molecular weight excluding hydrogens is 382 g/mol. The van der Waals surface area contributed by atoms with E-state index >= 15 is 0 Å². The van der Waals surface area contributed by atoms with Crippen LogP contribution in [0.25, 0.3) is 5.76 Å². The zero-order valence-electron chi connectivity index (χ0n) is 15.4. The predicted molar refractivity (Wildman–Crippen MR) is 97.3 cm³/mol. The number of hydrogen-bond acceptors (Lipinski definition) is 8. The number of phenolic OH excluding ortho intramolecular Hbond substituents is 1. The number of ketones is 2. The maximum atomic E-state index is 13.3. The first-order chi connectivity index (χ1) is 13.5. The van der Waals surface area contributed by atoms with Gasteiger partial charge >= 0.3 is 0 Å². The average molecular weight is 403 g/mol. The molecule has 7 N–H and O–H groups in total. The lowest BCUT2D eigenvalue weighted by Crippen LogP contribution is -2.70. The summed E-state index contributed by atoms with van der Waals surface area (Å²) in [5.74, 6) is -9.30. The zero-order valence-corrected chi connectivity index (χ0v) is 15.4. The Morgan fingerprint density at radius 1 is 1.21 bits per heavy atom. The number of rotatable bonds is 1. The van der Waals surface area contributed by atoms with Gasteiger partial charge in [0.1, 0.15) is 17.4 Å². The normalized spacial score (nSPS) is 38.9. The number of hydrogen-bond donors (Lipinski definition) is 6. The molecule has 3 aliphatic carbocycles. The largest absolute Gasteiger partial charge is 0.507 e. The summed E-state index contributed by atoms with van der Waals surface area (Å²) >= 11 is 0. The van der Waals surface area contributed by atoms with Crippen LogP contribution in [0.15, 0.2) is 23.8 Å². The van der Waals surface area contributed by atoms with Gasteiger partial charge in [0.15, 0.2) is 11.4 Å². The molecule has 0 aromatic heterocycles. The Balaban J connectivity index is 1.95. The summed E-state index contributed by atoms with van der Waals surface area (Å²) in [6, 6.07) is 4.51. The van der Waals surface area contributed by atoms with Crippen molar-refractivity contribution in [3.8, 4) is 5.75 Å². The van der Waals surface area contributed by atoms with Crippen LogP contribution in [-0.2, 0) is 14.4 Å². The molecule has 0 radical (unpaired) electrons. The highest BCUT2D eigenvalue weighted by Crippen LogP contribution is 2.54. The number of fused-ring (bicyclic) bond motifs is 3. The first-order valence-electron chi connectivity index (χ1n) is 9.25. The molecule has 154 valence electrons. The Labute approximate surface area is 165 Å². The van der Waals surface area contributed by atoms with E-state index < -0.39 is 71.1 Å². The summed E-state index contributed by atoms with van der Waals surface area (Å²) in [5, 5.41) is 53.3. The average Bonchev–Trinajstić information content (AvgIpc) is 2.65. The van der Waals surface area contributed by atoms with Crippen molar-refractivity contribution in [3.63, 3.8) is 0 Å². The van der Waals surface area contributed by atoms with Crippen LogP contribution in [0.5, 0.6) is 5.75 Å². The second kappa shape index (κ2) is 6.12. The Hall–Kier alpha value is -2.75. The molecule has 0 heterocycles. The summed E-state index contributed by atoms with van der Waals surface area (Å²) in [4.78, 5) is 37.8. The molecule has 9 nitrogen and oxygen atoms in total. The molecule has 2 fully saturated rings. The van der Waals surface area contributed by atoms with Gasteiger partial charge in [0.2, 0.25) is 11.7 Å². The van der Waals surface area contributed by atoms with Gasteiger partial charge in [-0.05, 0) is 24.0 Å².